The van der Waals surface area contributed by atoms with Crippen molar-refractivity contribution < 1.29 is 24.2 Å². The minimum absolute atomic E-state index is 0.159. The van der Waals surface area contributed by atoms with Crippen LogP contribution in [0.2, 0.25) is 0 Å². The molecule has 1 heterocycles. The Balaban J connectivity index is 1.75. The Morgan fingerprint density at radius 3 is 2.26 bits per heavy atom. The molecule has 3 amide bonds. The molecule has 3 atom stereocenters. The molecule has 4 rings (SSSR count). The number of carbonyl (C=O) groups excluding carboxylic acids is 3. The number of non-ortho nitro benzene ring substituents is 1. The third kappa shape index (κ3) is 4.12. The number of nitrogens with zero attached hydrogens (tertiary/aromatic N) is 4. The van der Waals surface area contributed by atoms with E-state index in [1.807, 2.05) is 6.92 Å². The second-order valence-corrected chi connectivity index (χ2v) is 8.68. The number of hydrogen-bond acceptors (Lipinski definition) is 7. The average molecular weight is 466 g/mol. The van der Waals surface area contributed by atoms with Crippen LogP contribution in [0.3, 0.4) is 0 Å². The fourth-order valence-electron chi connectivity index (χ4n) is 4.69. The van der Waals surface area contributed by atoms with Crippen LogP contribution < -0.4 is 0 Å². The molecule has 34 heavy (non-hydrogen) atoms. The first kappa shape index (κ1) is 23.0. The molecule has 2 aliphatic rings. The third-order valence-electron chi connectivity index (χ3n) is 6.45. The van der Waals surface area contributed by atoms with Gasteiger partial charge in [-0.2, -0.15) is 5.01 Å². The SMILES string of the molecule is C[C@@H]1CC[C@@H]2C(=O)N(N(Cc3ccc([N+](=O)[O-])cc3)C(=O)c3ccccc3[N+](=O)[O-])C(=O)[C@@H]2C1. The Labute approximate surface area is 194 Å². The number of hydrogen-bond donors (Lipinski definition) is 0. The lowest BCUT2D eigenvalue weighted by molar-refractivity contribution is -0.385. The van der Waals surface area contributed by atoms with Crippen molar-refractivity contribution in [2.45, 2.75) is 32.7 Å². The second-order valence-electron chi connectivity index (χ2n) is 8.68. The highest BCUT2D eigenvalue weighted by atomic mass is 16.6. The molecule has 1 aliphatic carbocycles. The van der Waals surface area contributed by atoms with Gasteiger partial charge in [0.1, 0.15) is 5.56 Å². The van der Waals surface area contributed by atoms with Gasteiger partial charge in [-0.3, -0.25) is 34.6 Å². The summed E-state index contributed by atoms with van der Waals surface area (Å²) in [5.41, 5.74) is -0.459. The first-order valence-electron chi connectivity index (χ1n) is 10.9. The molecule has 11 heteroatoms. The molecule has 1 aliphatic heterocycles. The average Bonchev–Trinajstić information content (AvgIpc) is 3.06. The van der Waals surface area contributed by atoms with E-state index in [-0.39, 0.29) is 23.7 Å². The van der Waals surface area contributed by atoms with Crippen molar-refractivity contribution in [3.63, 3.8) is 0 Å². The summed E-state index contributed by atoms with van der Waals surface area (Å²) in [6.07, 6.45) is 1.84. The zero-order valence-corrected chi connectivity index (χ0v) is 18.3. The zero-order chi connectivity index (χ0) is 24.6. The summed E-state index contributed by atoms with van der Waals surface area (Å²) in [6, 6.07) is 10.6. The summed E-state index contributed by atoms with van der Waals surface area (Å²) in [7, 11) is 0. The normalized spacial score (nSPS) is 21.8. The van der Waals surface area contributed by atoms with Gasteiger partial charge in [-0.25, -0.2) is 5.01 Å². The number of hydrazine groups is 1. The van der Waals surface area contributed by atoms with Crippen molar-refractivity contribution in [3.05, 3.63) is 79.9 Å². The van der Waals surface area contributed by atoms with Gasteiger partial charge in [0.15, 0.2) is 0 Å². The van der Waals surface area contributed by atoms with E-state index in [0.717, 1.165) is 16.4 Å². The number of carbonyl (C=O) groups is 3. The smallest absolute Gasteiger partial charge is 0.272 e. The Kier molecular flexibility index (Phi) is 6.10. The highest BCUT2D eigenvalue weighted by Crippen LogP contribution is 2.41. The number of nitro benzene ring substituents is 2. The van der Waals surface area contributed by atoms with E-state index in [1.165, 1.54) is 48.5 Å². The van der Waals surface area contributed by atoms with Crippen LogP contribution in [0.15, 0.2) is 48.5 Å². The number of rotatable bonds is 6. The molecule has 2 aromatic rings. The van der Waals surface area contributed by atoms with Gasteiger partial charge in [0.05, 0.1) is 28.2 Å². The van der Waals surface area contributed by atoms with Gasteiger partial charge >= 0.3 is 0 Å². The van der Waals surface area contributed by atoms with Gasteiger partial charge in [-0.1, -0.05) is 31.2 Å². The number of benzene rings is 2. The van der Waals surface area contributed by atoms with Crippen LogP contribution in [0, 0.1) is 38.0 Å². The topological polar surface area (TPSA) is 144 Å². The molecular weight excluding hydrogens is 444 g/mol. The molecule has 1 saturated heterocycles. The van der Waals surface area contributed by atoms with Crippen LogP contribution in [0.1, 0.15) is 42.1 Å². The third-order valence-corrected chi connectivity index (χ3v) is 6.45. The van der Waals surface area contributed by atoms with Gasteiger partial charge in [0.25, 0.3) is 29.1 Å². The summed E-state index contributed by atoms with van der Waals surface area (Å²) in [5, 5.41) is 24.3. The number of nitro groups is 2. The first-order chi connectivity index (χ1) is 16.2. The molecule has 176 valence electrons. The minimum Gasteiger partial charge on any atom is -0.272 e. The lowest BCUT2D eigenvalue weighted by Gasteiger charge is -2.30. The van der Waals surface area contributed by atoms with Crippen molar-refractivity contribution >= 4 is 29.1 Å². The largest absolute Gasteiger partial charge is 0.282 e. The molecule has 0 radical (unpaired) electrons. The van der Waals surface area contributed by atoms with E-state index in [9.17, 15) is 34.6 Å². The van der Waals surface area contributed by atoms with Crippen LogP contribution in [0.4, 0.5) is 11.4 Å². The van der Waals surface area contributed by atoms with Crippen LogP contribution in [0.5, 0.6) is 0 Å². The molecule has 0 bridgehead atoms. The van der Waals surface area contributed by atoms with Crippen molar-refractivity contribution in [1.29, 1.82) is 0 Å². The van der Waals surface area contributed by atoms with Gasteiger partial charge in [0, 0.05) is 18.2 Å². The van der Waals surface area contributed by atoms with Crippen LogP contribution in [0.25, 0.3) is 0 Å². The molecule has 1 saturated carbocycles. The van der Waals surface area contributed by atoms with E-state index in [2.05, 4.69) is 0 Å². The summed E-state index contributed by atoms with van der Waals surface area (Å²) < 4.78 is 0. The standard InChI is InChI=1S/C23H22N4O7/c1-14-6-11-17-19(12-14)23(30)25(22(17)29)24(13-15-7-9-16(10-8-15)26(31)32)21(28)18-4-2-3-5-20(18)27(33)34/h2-5,7-10,14,17,19H,6,11-13H2,1H3/t14-,17+,19-/m1/s1. The highest BCUT2D eigenvalue weighted by molar-refractivity contribution is 6.08. The fourth-order valence-corrected chi connectivity index (χ4v) is 4.69. The Bertz CT molecular complexity index is 1180. The quantitative estimate of drug-likeness (QED) is 0.360. The Morgan fingerprint density at radius 1 is 0.971 bits per heavy atom. The lowest BCUT2D eigenvalue weighted by atomic mass is 9.76. The minimum atomic E-state index is -0.876. The molecule has 0 N–H and O–H groups in total. The monoisotopic (exact) mass is 466 g/mol. The predicted octanol–water partition coefficient (Wildman–Crippen LogP) is 3.48. The number of para-hydroxylation sites is 1. The van der Waals surface area contributed by atoms with Gasteiger partial charge in [0.2, 0.25) is 0 Å². The molecule has 0 spiro atoms. The van der Waals surface area contributed by atoms with Crippen molar-refractivity contribution in [2.24, 2.45) is 17.8 Å². The van der Waals surface area contributed by atoms with E-state index in [4.69, 9.17) is 0 Å². The number of imide groups is 1. The van der Waals surface area contributed by atoms with E-state index in [1.54, 1.807) is 0 Å². The van der Waals surface area contributed by atoms with Crippen LogP contribution in [-0.2, 0) is 16.1 Å². The number of amides is 3. The maximum Gasteiger partial charge on any atom is 0.282 e. The molecule has 11 nitrogen and oxygen atoms in total. The zero-order valence-electron chi connectivity index (χ0n) is 18.3. The van der Waals surface area contributed by atoms with Crippen molar-refractivity contribution in [2.75, 3.05) is 0 Å². The lowest BCUT2D eigenvalue weighted by Crippen LogP contribution is -2.50. The van der Waals surface area contributed by atoms with Crippen LogP contribution in [-0.4, -0.2) is 37.6 Å². The van der Waals surface area contributed by atoms with Gasteiger partial charge in [-0.15, -0.1) is 0 Å². The predicted molar refractivity (Wildman–Crippen MR) is 118 cm³/mol. The maximum absolute atomic E-state index is 13.6. The summed E-state index contributed by atoms with van der Waals surface area (Å²) >= 11 is 0. The van der Waals surface area contributed by atoms with Crippen LogP contribution >= 0.6 is 0 Å². The fraction of sp³-hybridized carbons (Fsp3) is 0.348. The second kappa shape index (κ2) is 9.00. The molecular formula is C23H22N4O7. The van der Waals surface area contributed by atoms with Gasteiger partial charge in [-0.05, 0) is 36.8 Å². The summed E-state index contributed by atoms with van der Waals surface area (Å²) in [6.45, 7) is 1.74. The maximum atomic E-state index is 13.6. The summed E-state index contributed by atoms with van der Waals surface area (Å²) in [5.74, 6) is -2.71. The van der Waals surface area contributed by atoms with E-state index >= 15 is 0 Å². The molecule has 0 unspecified atom stereocenters. The first-order valence-corrected chi connectivity index (χ1v) is 10.9. The van der Waals surface area contributed by atoms with Crippen molar-refractivity contribution in [3.8, 4) is 0 Å². The molecule has 0 aromatic heterocycles. The molecule has 2 aromatic carbocycles. The van der Waals surface area contributed by atoms with E-state index < -0.39 is 45.1 Å². The number of fused-ring (bicyclic) bond motifs is 1. The highest BCUT2D eigenvalue weighted by Gasteiger charge is 2.52. The van der Waals surface area contributed by atoms with Crippen molar-refractivity contribution in [1.82, 2.24) is 10.0 Å². The Morgan fingerprint density at radius 2 is 1.62 bits per heavy atom. The summed E-state index contributed by atoms with van der Waals surface area (Å²) in [4.78, 5) is 61.4. The van der Waals surface area contributed by atoms with Gasteiger partial charge < -0.3 is 0 Å². The van der Waals surface area contributed by atoms with E-state index in [0.29, 0.717) is 18.4 Å². The molecule has 2 fully saturated rings. The Hall–Kier alpha value is -4.15.